The average molecular weight is 286 g/mol. The molecule has 7 nitrogen and oxygen atoms in total. The normalized spacial score (nSPS) is 20.3. The van der Waals surface area contributed by atoms with Crippen molar-refractivity contribution >= 4 is 17.8 Å². The number of rotatable bonds is 6. The quantitative estimate of drug-likeness (QED) is 0.708. The van der Waals surface area contributed by atoms with Crippen LogP contribution in [-0.4, -0.2) is 60.1 Å². The number of likely N-dealkylation sites (N-methyl/N-ethyl adjacent to an activating group) is 1. The zero-order chi connectivity index (χ0) is 15.1. The molecule has 0 aromatic carbocycles. The Morgan fingerprint density at radius 1 is 1.40 bits per heavy atom. The van der Waals surface area contributed by atoms with Gasteiger partial charge in [-0.1, -0.05) is 6.92 Å². The second-order valence-corrected chi connectivity index (χ2v) is 4.98. The fourth-order valence-corrected chi connectivity index (χ4v) is 2.20. The lowest BCUT2D eigenvalue weighted by molar-refractivity contribution is -0.149. The Morgan fingerprint density at radius 3 is 2.70 bits per heavy atom. The van der Waals surface area contributed by atoms with Gasteiger partial charge in [-0.2, -0.15) is 0 Å². The summed E-state index contributed by atoms with van der Waals surface area (Å²) in [4.78, 5) is 36.2. The van der Waals surface area contributed by atoms with Gasteiger partial charge in [-0.15, -0.1) is 0 Å². The number of hydrogen-bond donors (Lipinski definition) is 2. The van der Waals surface area contributed by atoms with Crippen LogP contribution >= 0.6 is 0 Å². The molecule has 1 heterocycles. The van der Waals surface area contributed by atoms with E-state index in [2.05, 4.69) is 5.32 Å². The molecule has 0 radical (unpaired) electrons. The number of hydrogen-bond acceptors (Lipinski definition) is 4. The maximum Gasteiger partial charge on any atom is 0.303 e. The minimum absolute atomic E-state index is 0.0537. The van der Waals surface area contributed by atoms with Gasteiger partial charge in [-0.25, -0.2) is 0 Å². The van der Waals surface area contributed by atoms with Crippen LogP contribution in [-0.2, 0) is 19.1 Å². The highest BCUT2D eigenvalue weighted by Gasteiger charge is 2.33. The zero-order valence-electron chi connectivity index (χ0n) is 11.9. The molecule has 0 saturated carbocycles. The van der Waals surface area contributed by atoms with Gasteiger partial charge in [0.1, 0.15) is 6.04 Å². The van der Waals surface area contributed by atoms with Crippen LogP contribution in [0.4, 0.5) is 0 Å². The maximum absolute atomic E-state index is 12.2. The molecule has 0 aromatic heterocycles. The number of carbonyl (C=O) groups excluding carboxylic acids is 2. The van der Waals surface area contributed by atoms with E-state index in [4.69, 9.17) is 9.84 Å². The fourth-order valence-electron chi connectivity index (χ4n) is 2.20. The van der Waals surface area contributed by atoms with Gasteiger partial charge in [0.05, 0.1) is 13.2 Å². The van der Waals surface area contributed by atoms with Gasteiger partial charge in [-0.3, -0.25) is 14.4 Å². The van der Waals surface area contributed by atoms with Crippen LogP contribution < -0.4 is 5.32 Å². The Balaban J connectivity index is 2.62. The van der Waals surface area contributed by atoms with E-state index in [0.717, 1.165) is 0 Å². The summed E-state index contributed by atoms with van der Waals surface area (Å²) in [5.41, 5.74) is 0. The molecule has 1 aliphatic rings. The van der Waals surface area contributed by atoms with Crippen LogP contribution in [0.25, 0.3) is 0 Å². The third-order valence-electron chi connectivity index (χ3n) is 3.15. The van der Waals surface area contributed by atoms with Crippen LogP contribution in [0.1, 0.15) is 26.7 Å². The number of carboxylic acids is 1. The molecular weight excluding hydrogens is 264 g/mol. The smallest absolute Gasteiger partial charge is 0.303 e. The molecule has 0 aromatic rings. The van der Waals surface area contributed by atoms with Gasteiger partial charge in [0.25, 0.3) is 0 Å². The number of nitrogens with one attached hydrogen (secondary N) is 1. The van der Waals surface area contributed by atoms with Crippen LogP contribution in [0, 0.1) is 5.92 Å². The number of morpholine rings is 1. The van der Waals surface area contributed by atoms with Gasteiger partial charge >= 0.3 is 5.97 Å². The van der Waals surface area contributed by atoms with Gasteiger partial charge in [0.2, 0.25) is 11.8 Å². The first-order valence-electron chi connectivity index (χ1n) is 6.82. The summed E-state index contributed by atoms with van der Waals surface area (Å²) in [7, 11) is 0. The maximum atomic E-state index is 12.2. The van der Waals surface area contributed by atoms with Crippen molar-refractivity contribution < 1.29 is 24.2 Å². The van der Waals surface area contributed by atoms with E-state index in [9.17, 15) is 14.4 Å². The minimum Gasteiger partial charge on any atom is -0.481 e. The van der Waals surface area contributed by atoms with Crippen molar-refractivity contribution in [2.24, 2.45) is 5.92 Å². The van der Waals surface area contributed by atoms with Crippen molar-refractivity contribution in [3.05, 3.63) is 0 Å². The molecule has 1 fully saturated rings. The van der Waals surface area contributed by atoms with Crippen molar-refractivity contribution in [2.45, 2.75) is 32.7 Å². The van der Waals surface area contributed by atoms with Crippen LogP contribution in [0.5, 0.6) is 0 Å². The Hall–Kier alpha value is -1.63. The molecule has 1 rings (SSSR count). The molecular formula is C13H22N2O5. The van der Waals surface area contributed by atoms with Crippen molar-refractivity contribution in [2.75, 3.05) is 26.3 Å². The first kappa shape index (κ1) is 16.4. The third kappa shape index (κ3) is 4.80. The summed E-state index contributed by atoms with van der Waals surface area (Å²) in [6.45, 7) is 4.96. The summed E-state index contributed by atoms with van der Waals surface area (Å²) in [6.07, 6.45) is 0.0735. The summed E-state index contributed by atoms with van der Waals surface area (Å²) in [6, 6.07) is -0.617. The number of aliphatic carboxylic acids is 1. The average Bonchev–Trinajstić information content (AvgIpc) is 2.37. The van der Waals surface area contributed by atoms with Crippen molar-refractivity contribution in [3.63, 3.8) is 0 Å². The summed E-state index contributed by atoms with van der Waals surface area (Å²) < 4.78 is 5.25. The van der Waals surface area contributed by atoms with Crippen molar-refractivity contribution in [3.8, 4) is 0 Å². The van der Waals surface area contributed by atoms with Gasteiger partial charge < -0.3 is 20.1 Å². The topological polar surface area (TPSA) is 95.9 Å². The molecule has 20 heavy (non-hydrogen) atoms. The van der Waals surface area contributed by atoms with Crippen LogP contribution in [0.3, 0.4) is 0 Å². The van der Waals surface area contributed by atoms with E-state index in [-0.39, 0.29) is 37.2 Å². The van der Waals surface area contributed by atoms with Crippen molar-refractivity contribution in [1.82, 2.24) is 10.2 Å². The van der Waals surface area contributed by atoms with E-state index < -0.39 is 12.0 Å². The number of amides is 2. The first-order chi connectivity index (χ1) is 9.45. The second-order valence-electron chi connectivity index (χ2n) is 4.98. The van der Waals surface area contributed by atoms with E-state index in [1.165, 1.54) is 4.90 Å². The number of carboxylic acid groups (broad SMARTS) is 1. The van der Waals surface area contributed by atoms with E-state index in [1.807, 2.05) is 6.92 Å². The molecule has 1 aliphatic heterocycles. The first-order valence-corrected chi connectivity index (χ1v) is 6.82. The predicted octanol–water partition coefficient (Wildman–Crippen LogP) is -0.149. The van der Waals surface area contributed by atoms with Gasteiger partial charge in [0, 0.05) is 25.9 Å². The number of ether oxygens (including phenoxy) is 1. The monoisotopic (exact) mass is 286 g/mol. The molecule has 114 valence electrons. The summed E-state index contributed by atoms with van der Waals surface area (Å²) in [5.74, 6) is -1.60. The molecule has 0 bridgehead atoms. The predicted molar refractivity (Wildman–Crippen MR) is 71.0 cm³/mol. The van der Waals surface area contributed by atoms with Crippen LogP contribution in [0.2, 0.25) is 0 Å². The van der Waals surface area contributed by atoms with Crippen molar-refractivity contribution in [1.29, 1.82) is 0 Å². The Morgan fingerprint density at radius 2 is 2.10 bits per heavy atom. The van der Waals surface area contributed by atoms with E-state index in [1.54, 1.807) is 6.92 Å². The van der Waals surface area contributed by atoms with E-state index >= 15 is 0 Å². The SMILES string of the molecule is CCNC(=O)C1COCCN1C(=O)CC(C)CC(=O)O. The number of carbonyl (C=O) groups is 3. The summed E-state index contributed by atoms with van der Waals surface area (Å²) in [5, 5.41) is 11.4. The highest BCUT2D eigenvalue weighted by Crippen LogP contribution is 2.14. The molecule has 0 aliphatic carbocycles. The molecule has 2 N–H and O–H groups in total. The van der Waals surface area contributed by atoms with Gasteiger partial charge in [-0.05, 0) is 12.8 Å². The highest BCUT2D eigenvalue weighted by atomic mass is 16.5. The van der Waals surface area contributed by atoms with Crippen LogP contribution in [0.15, 0.2) is 0 Å². The lowest BCUT2D eigenvalue weighted by Gasteiger charge is -2.35. The Labute approximate surface area is 118 Å². The second kappa shape index (κ2) is 7.84. The highest BCUT2D eigenvalue weighted by molar-refractivity contribution is 5.88. The minimum atomic E-state index is -0.924. The van der Waals surface area contributed by atoms with Gasteiger partial charge in [0.15, 0.2) is 0 Å². The third-order valence-corrected chi connectivity index (χ3v) is 3.15. The Kier molecular flexibility index (Phi) is 6.44. The standard InChI is InChI=1S/C13H22N2O5/c1-3-14-13(19)10-8-20-5-4-15(10)11(16)6-9(2)7-12(17)18/h9-10H,3-8H2,1-2H3,(H,14,19)(H,17,18). The van der Waals surface area contributed by atoms with E-state index in [0.29, 0.717) is 19.7 Å². The molecule has 2 unspecified atom stereocenters. The molecule has 0 spiro atoms. The lowest BCUT2D eigenvalue weighted by Crippen LogP contribution is -2.56. The molecule has 2 amide bonds. The summed E-state index contributed by atoms with van der Waals surface area (Å²) >= 11 is 0. The zero-order valence-corrected chi connectivity index (χ0v) is 11.9. The Bertz CT molecular complexity index is 372. The fraction of sp³-hybridized carbons (Fsp3) is 0.769. The number of nitrogens with zero attached hydrogens (tertiary/aromatic N) is 1. The molecule has 2 atom stereocenters. The molecule has 7 heteroatoms. The lowest BCUT2D eigenvalue weighted by atomic mass is 10.0. The molecule has 1 saturated heterocycles. The largest absolute Gasteiger partial charge is 0.481 e.